The monoisotopic (exact) mass is 516 g/mol. The number of rotatable bonds is 2. The van der Waals surface area contributed by atoms with Crippen LogP contribution < -0.4 is 5.32 Å². The first kappa shape index (κ1) is 27.6. The molecule has 0 radical (unpaired) electrons. The average Bonchev–Trinajstić information content (AvgIpc) is 3.46. The van der Waals surface area contributed by atoms with Crippen molar-refractivity contribution in [1.82, 2.24) is 14.7 Å². The molecule has 0 spiro atoms. The quantitative estimate of drug-likeness (QED) is 0.525. The molecule has 11 heteroatoms. The van der Waals surface area contributed by atoms with Crippen LogP contribution in [0.15, 0.2) is 35.5 Å². The van der Waals surface area contributed by atoms with Gasteiger partial charge in [0.1, 0.15) is 11.9 Å². The number of ether oxygens (including phenoxy) is 1. The fraction of sp³-hybridized carbons (Fsp3) is 0.391. The van der Waals surface area contributed by atoms with Crippen LogP contribution in [0.4, 0.5) is 19.0 Å². The molecule has 4 rings (SSSR count). The molecule has 0 aliphatic carbocycles. The van der Waals surface area contributed by atoms with Gasteiger partial charge in [0.2, 0.25) is 0 Å². The molecule has 0 bridgehead atoms. The number of methoxy groups -OCH3 is 1. The highest BCUT2D eigenvalue weighted by atomic mass is 35.5. The molecule has 1 saturated heterocycles. The number of alkyl halides is 3. The number of allylic oxidation sites excluding steroid dienone is 1. The van der Waals surface area contributed by atoms with Crippen LogP contribution in [-0.2, 0) is 15.7 Å². The lowest BCUT2D eigenvalue weighted by molar-refractivity contribution is -0.141. The van der Waals surface area contributed by atoms with Crippen molar-refractivity contribution >= 4 is 34.9 Å². The zero-order valence-electron chi connectivity index (χ0n) is 18.9. The number of carbonyl (C=O) groups excluding carboxylic acids is 1. The van der Waals surface area contributed by atoms with Crippen molar-refractivity contribution in [2.24, 2.45) is 0 Å². The summed E-state index contributed by atoms with van der Waals surface area (Å²) in [5, 5.41) is 7.09. The molecule has 1 atom stereocenters. The van der Waals surface area contributed by atoms with Gasteiger partial charge in [-0.15, -0.1) is 12.8 Å². The second-order valence-electron chi connectivity index (χ2n) is 7.47. The van der Waals surface area contributed by atoms with E-state index in [-0.39, 0.29) is 21.8 Å². The second kappa shape index (κ2) is 11.6. The lowest BCUT2D eigenvalue weighted by atomic mass is 9.94. The number of benzene rings is 1. The average molecular weight is 517 g/mol. The van der Waals surface area contributed by atoms with Crippen molar-refractivity contribution in [3.8, 4) is 12.8 Å². The topological polar surface area (TPSA) is 59.4 Å². The molecule has 34 heavy (non-hydrogen) atoms. The first-order chi connectivity index (χ1) is 16.1. The highest BCUT2D eigenvalue weighted by molar-refractivity contribution is 6.42. The Kier molecular flexibility index (Phi) is 9.45. The van der Waals surface area contributed by atoms with Crippen molar-refractivity contribution in [2.45, 2.75) is 32.0 Å². The lowest BCUT2D eigenvalue weighted by Gasteiger charge is -2.32. The van der Waals surface area contributed by atoms with E-state index in [2.05, 4.69) is 28.0 Å². The van der Waals surface area contributed by atoms with E-state index < -0.39 is 17.9 Å². The second-order valence-corrected chi connectivity index (χ2v) is 8.26. The van der Waals surface area contributed by atoms with Gasteiger partial charge in [0.25, 0.3) is 5.91 Å². The lowest BCUT2D eigenvalue weighted by Crippen LogP contribution is -2.36. The molecule has 1 unspecified atom stereocenters. The van der Waals surface area contributed by atoms with Crippen LogP contribution in [0.25, 0.3) is 0 Å². The zero-order valence-corrected chi connectivity index (χ0v) is 20.4. The maximum absolute atomic E-state index is 13.3. The molecule has 1 fully saturated rings. The fourth-order valence-corrected chi connectivity index (χ4v) is 4.21. The standard InChI is InChI=1S/C19H17Cl2F3N4O.C2H6O.C2H2/c1-10-15(18(29)27-7-2-3-8-27)17(11-5-4-6-12(20)16(11)21)28-14(25-10)9-13(26-28)19(22,23)24;1-3-2;1-2/h4-6,9,17,25H,2-3,7-8H2,1H3;1-2H3;1-2H. The predicted molar refractivity (Wildman–Crippen MR) is 127 cm³/mol. The summed E-state index contributed by atoms with van der Waals surface area (Å²) in [5.74, 6) is -0.114. The van der Waals surface area contributed by atoms with Crippen LogP contribution in [0.2, 0.25) is 10.0 Å². The van der Waals surface area contributed by atoms with Crippen molar-refractivity contribution in [3.05, 3.63) is 56.8 Å². The van der Waals surface area contributed by atoms with Gasteiger partial charge in [-0.05, 0) is 25.8 Å². The highest BCUT2D eigenvalue weighted by Crippen LogP contribution is 2.43. The molecule has 1 aromatic heterocycles. The molecule has 3 heterocycles. The summed E-state index contributed by atoms with van der Waals surface area (Å²) in [5.41, 5.74) is 0.135. The number of likely N-dealkylation sites (tertiary alicyclic amines) is 1. The summed E-state index contributed by atoms with van der Waals surface area (Å²) in [4.78, 5) is 15.0. The fourth-order valence-electron chi connectivity index (χ4n) is 3.80. The van der Waals surface area contributed by atoms with Crippen LogP contribution in [-0.4, -0.2) is 47.9 Å². The molecule has 6 nitrogen and oxygen atoms in total. The Morgan fingerprint density at radius 1 is 1.21 bits per heavy atom. The van der Waals surface area contributed by atoms with E-state index in [0.717, 1.165) is 23.6 Å². The molecule has 2 aliphatic heterocycles. The maximum Gasteiger partial charge on any atom is 0.435 e. The SMILES string of the molecule is C#C.CC1=C(C(=O)N2CCCC2)C(c2cccc(Cl)c2Cl)n2nc(C(F)(F)F)cc2N1.COC. The number of fused-ring (bicyclic) bond motifs is 1. The number of amides is 1. The van der Waals surface area contributed by atoms with E-state index >= 15 is 0 Å². The largest absolute Gasteiger partial charge is 0.435 e. The van der Waals surface area contributed by atoms with Gasteiger partial charge < -0.3 is 15.0 Å². The van der Waals surface area contributed by atoms with Gasteiger partial charge >= 0.3 is 6.18 Å². The minimum absolute atomic E-state index is 0.133. The predicted octanol–water partition coefficient (Wildman–Crippen LogP) is 5.63. The number of nitrogens with one attached hydrogen (secondary N) is 1. The molecule has 2 aromatic rings. The Balaban J connectivity index is 0.000000758. The molecular formula is C23H25Cl2F3N4O2. The Morgan fingerprint density at radius 3 is 2.35 bits per heavy atom. The molecule has 2 aliphatic rings. The highest BCUT2D eigenvalue weighted by Gasteiger charge is 2.41. The van der Waals surface area contributed by atoms with Gasteiger partial charge in [-0.2, -0.15) is 18.3 Å². The Morgan fingerprint density at radius 2 is 1.79 bits per heavy atom. The number of halogens is 5. The molecule has 0 saturated carbocycles. The van der Waals surface area contributed by atoms with E-state index in [0.29, 0.717) is 29.9 Å². The third-order valence-corrected chi connectivity index (χ3v) is 6.00. The third-order valence-electron chi connectivity index (χ3n) is 5.16. The molecule has 1 N–H and O–H groups in total. The van der Waals surface area contributed by atoms with Crippen LogP contribution in [0, 0.1) is 12.8 Å². The molecule has 1 amide bonds. The molecule has 184 valence electrons. The van der Waals surface area contributed by atoms with Crippen LogP contribution in [0.5, 0.6) is 0 Å². The minimum atomic E-state index is -4.62. The first-order valence-corrected chi connectivity index (χ1v) is 11.0. The number of terminal acetylenes is 1. The van der Waals surface area contributed by atoms with Crippen LogP contribution in [0.1, 0.15) is 37.1 Å². The van der Waals surface area contributed by atoms with Gasteiger partial charge in [-0.3, -0.25) is 4.79 Å². The number of hydrogen-bond donors (Lipinski definition) is 1. The van der Waals surface area contributed by atoms with E-state index in [4.69, 9.17) is 23.2 Å². The number of aromatic nitrogens is 2. The first-order valence-electron chi connectivity index (χ1n) is 10.2. The summed E-state index contributed by atoms with van der Waals surface area (Å²) in [6.07, 6.45) is 5.15. The van der Waals surface area contributed by atoms with Crippen molar-refractivity contribution < 1.29 is 22.7 Å². The van der Waals surface area contributed by atoms with Gasteiger partial charge in [0, 0.05) is 44.6 Å². The summed E-state index contributed by atoms with van der Waals surface area (Å²) in [7, 11) is 3.25. The summed E-state index contributed by atoms with van der Waals surface area (Å²) in [6.45, 7) is 2.87. The Bertz CT molecular complexity index is 1070. The minimum Gasteiger partial charge on any atom is -0.388 e. The summed E-state index contributed by atoms with van der Waals surface area (Å²) >= 11 is 12.6. The third kappa shape index (κ3) is 5.69. The number of carbonyl (C=O) groups is 1. The molecule has 1 aromatic carbocycles. The summed E-state index contributed by atoms with van der Waals surface area (Å²) in [6, 6.07) is 4.87. The van der Waals surface area contributed by atoms with E-state index in [1.165, 1.54) is 0 Å². The maximum atomic E-state index is 13.3. The zero-order chi connectivity index (χ0) is 25.6. The Labute approximate surface area is 206 Å². The van der Waals surface area contributed by atoms with E-state index in [9.17, 15) is 18.0 Å². The Hall–Kier alpha value is -2.67. The number of anilines is 1. The van der Waals surface area contributed by atoms with Gasteiger partial charge in [0.05, 0.1) is 15.6 Å². The van der Waals surface area contributed by atoms with Crippen molar-refractivity contribution in [1.29, 1.82) is 0 Å². The normalized spacial score (nSPS) is 17.1. The van der Waals surface area contributed by atoms with Crippen molar-refractivity contribution in [3.63, 3.8) is 0 Å². The van der Waals surface area contributed by atoms with Gasteiger partial charge in [-0.1, -0.05) is 35.3 Å². The van der Waals surface area contributed by atoms with E-state index in [1.807, 2.05) is 0 Å². The van der Waals surface area contributed by atoms with Crippen LogP contribution in [0.3, 0.4) is 0 Å². The van der Waals surface area contributed by atoms with Crippen molar-refractivity contribution in [2.75, 3.05) is 32.6 Å². The van der Waals surface area contributed by atoms with Gasteiger partial charge in [0.15, 0.2) is 5.69 Å². The van der Waals surface area contributed by atoms with E-state index in [1.54, 1.807) is 44.2 Å². The van der Waals surface area contributed by atoms with Crippen LogP contribution >= 0.6 is 23.2 Å². The van der Waals surface area contributed by atoms with Gasteiger partial charge in [-0.25, -0.2) is 4.68 Å². The molecular weight excluding hydrogens is 492 g/mol. The summed E-state index contributed by atoms with van der Waals surface area (Å²) < 4.78 is 45.3. The number of nitrogens with zero attached hydrogens (tertiary/aromatic N) is 3. The number of hydrogen-bond acceptors (Lipinski definition) is 4. The smallest absolute Gasteiger partial charge is 0.388 e.